The van der Waals surface area contributed by atoms with Crippen molar-refractivity contribution in [1.82, 2.24) is 5.32 Å². The lowest BCUT2D eigenvalue weighted by atomic mass is 9.95. The van der Waals surface area contributed by atoms with Crippen LogP contribution in [0.25, 0.3) is 5.83 Å². The lowest BCUT2D eigenvalue weighted by molar-refractivity contribution is -0.140. The molecule has 14 heteroatoms. The van der Waals surface area contributed by atoms with Crippen LogP contribution in [-0.4, -0.2) is 29.6 Å². The largest absolute Gasteiger partial charge is 0.417 e. The number of amides is 1. The first-order valence-corrected chi connectivity index (χ1v) is 12.4. The van der Waals surface area contributed by atoms with Crippen LogP contribution in [0.15, 0.2) is 36.4 Å². The third-order valence-corrected chi connectivity index (χ3v) is 7.05. The van der Waals surface area contributed by atoms with Crippen molar-refractivity contribution in [3.63, 3.8) is 0 Å². The molecular formula is C23H16Cl3F7N2OS. The van der Waals surface area contributed by atoms with Gasteiger partial charge in [-0.25, -0.2) is 4.39 Å². The van der Waals surface area contributed by atoms with Gasteiger partial charge < -0.3 is 5.32 Å². The third kappa shape index (κ3) is 8.43. The van der Waals surface area contributed by atoms with E-state index in [-0.39, 0.29) is 38.7 Å². The second-order valence-corrected chi connectivity index (χ2v) is 9.86. The molecular weight excluding hydrogens is 592 g/mol. The number of allylic oxidation sites excluding steroid dienone is 1. The van der Waals surface area contributed by atoms with Gasteiger partial charge in [0.25, 0.3) is 5.91 Å². The fourth-order valence-electron chi connectivity index (χ4n) is 3.13. The number of thioether (sulfide) groups is 1. The molecule has 2 aromatic rings. The van der Waals surface area contributed by atoms with Gasteiger partial charge in [-0.1, -0.05) is 40.9 Å². The van der Waals surface area contributed by atoms with Crippen LogP contribution in [0.5, 0.6) is 0 Å². The summed E-state index contributed by atoms with van der Waals surface area (Å²) in [5.74, 6) is -5.01. The van der Waals surface area contributed by atoms with Crippen molar-refractivity contribution in [2.75, 3.05) is 11.5 Å². The molecule has 1 N–H and O–H groups in total. The summed E-state index contributed by atoms with van der Waals surface area (Å²) in [4.78, 5) is 12.4. The minimum absolute atomic E-state index is 0.0830. The number of nitrogens with one attached hydrogen (secondary N) is 1. The van der Waals surface area contributed by atoms with Crippen molar-refractivity contribution >= 4 is 58.3 Å². The maximum absolute atomic E-state index is 14.9. The van der Waals surface area contributed by atoms with Crippen LogP contribution in [0.4, 0.5) is 30.7 Å². The lowest BCUT2D eigenvalue weighted by Gasteiger charge is -2.19. The summed E-state index contributed by atoms with van der Waals surface area (Å²) in [7, 11) is 0. The minimum atomic E-state index is -5.12. The van der Waals surface area contributed by atoms with Gasteiger partial charge in [-0.3, -0.25) is 4.79 Å². The van der Waals surface area contributed by atoms with Crippen LogP contribution < -0.4 is 5.32 Å². The zero-order chi connectivity index (χ0) is 28.1. The number of alkyl halides is 6. The Morgan fingerprint density at radius 2 is 1.70 bits per heavy atom. The summed E-state index contributed by atoms with van der Waals surface area (Å²) in [5.41, 5.74) is -3.80. The number of halogens is 10. The smallest absolute Gasteiger partial charge is 0.349 e. The van der Waals surface area contributed by atoms with Crippen molar-refractivity contribution in [2.45, 2.75) is 31.2 Å². The molecule has 0 aromatic heterocycles. The molecule has 0 aliphatic carbocycles. The SMILES string of the molecule is C[C@H](CSCC#N)NC(=O)c1ccc(/C(F)=C/C(c2cc(Cl)c(Cl)c(Cl)c2)C(F)(F)F)cc1C(F)(F)F. The fraction of sp³-hybridized carbons (Fsp3) is 0.304. The Morgan fingerprint density at radius 3 is 2.22 bits per heavy atom. The van der Waals surface area contributed by atoms with E-state index in [0.717, 1.165) is 30.0 Å². The van der Waals surface area contributed by atoms with E-state index in [0.29, 0.717) is 6.07 Å². The van der Waals surface area contributed by atoms with Crippen molar-refractivity contribution < 1.29 is 35.5 Å². The Bertz CT molecular complexity index is 1200. The van der Waals surface area contributed by atoms with Crippen molar-refractivity contribution in [2.24, 2.45) is 0 Å². The standard InChI is InChI=1S/C23H16Cl3F7N2OS/c1-11(10-37-5-4-34)35-21(36)14-3-2-12(6-16(14)23(31,32)33)19(27)9-15(22(28,29)30)13-7-17(24)20(26)18(25)8-13/h2-3,6-9,11,15H,5,10H2,1H3,(H,35,36)/b19-9-/t11-,15?/m1/s1. The molecule has 1 amide bonds. The van der Waals surface area contributed by atoms with Crippen LogP contribution in [0.2, 0.25) is 15.1 Å². The molecule has 2 rings (SSSR count). The Morgan fingerprint density at radius 1 is 1.11 bits per heavy atom. The number of hydrogen-bond acceptors (Lipinski definition) is 3. The molecule has 0 fully saturated rings. The fourth-order valence-corrected chi connectivity index (χ4v) is 4.39. The van der Waals surface area contributed by atoms with Gasteiger partial charge in [0, 0.05) is 17.4 Å². The summed E-state index contributed by atoms with van der Waals surface area (Å²) in [6.07, 6.45) is -10.1. The van der Waals surface area contributed by atoms with Crippen molar-refractivity contribution in [3.8, 4) is 6.07 Å². The number of carbonyl (C=O) groups excluding carboxylic acids is 1. The summed E-state index contributed by atoms with van der Waals surface area (Å²) in [5, 5.41) is 9.99. The van der Waals surface area contributed by atoms with Crippen LogP contribution in [-0.2, 0) is 6.18 Å². The van der Waals surface area contributed by atoms with Crippen LogP contribution >= 0.6 is 46.6 Å². The Balaban J connectivity index is 2.48. The van der Waals surface area contributed by atoms with Gasteiger partial charge in [0.2, 0.25) is 0 Å². The summed E-state index contributed by atoms with van der Waals surface area (Å²) >= 11 is 18.5. The predicted octanol–water partition coefficient (Wildman–Crippen LogP) is 8.70. The molecule has 0 heterocycles. The van der Waals surface area contributed by atoms with Crippen LogP contribution in [0.1, 0.15) is 39.9 Å². The number of hydrogen-bond donors (Lipinski definition) is 1. The number of rotatable bonds is 8. The topological polar surface area (TPSA) is 52.9 Å². The maximum Gasteiger partial charge on any atom is 0.417 e. The zero-order valence-corrected chi connectivity index (χ0v) is 21.7. The highest BCUT2D eigenvalue weighted by atomic mass is 35.5. The van der Waals surface area contributed by atoms with E-state index < -0.39 is 58.3 Å². The molecule has 0 spiro atoms. The number of nitrogens with zero attached hydrogens (tertiary/aromatic N) is 1. The van der Waals surface area contributed by atoms with E-state index in [4.69, 9.17) is 40.1 Å². The monoisotopic (exact) mass is 606 g/mol. The quantitative estimate of drug-likeness (QED) is 0.186. The second kappa shape index (κ2) is 12.6. The van der Waals surface area contributed by atoms with Gasteiger partial charge in [0.05, 0.1) is 38.0 Å². The molecule has 1 unspecified atom stereocenters. The van der Waals surface area contributed by atoms with Gasteiger partial charge in [0.1, 0.15) is 11.7 Å². The van der Waals surface area contributed by atoms with E-state index in [1.54, 1.807) is 0 Å². The van der Waals surface area contributed by atoms with Gasteiger partial charge in [0.15, 0.2) is 0 Å². The molecule has 37 heavy (non-hydrogen) atoms. The number of nitriles is 1. The molecule has 3 nitrogen and oxygen atoms in total. The lowest BCUT2D eigenvalue weighted by Crippen LogP contribution is -2.35. The maximum atomic E-state index is 14.9. The number of benzene rings is 2. The van der Waals surface area contributed by atoms with E-state index in [1.165, 1.54) is 6.92 Å². The highest BCUT2D eigenvalue weighted by Gasteiger charge is 2.41. The Kier molecular flexibility index (Phi) is 10.6. The molecule has 200 valence electrons. The summed E-state index contributed by atoms with van der Waals surface area (Å²) in [6.45, 7) is 1.51. The zero-order valence-electron chi connectivity index (χ0n) is 18.6. The van der Waals surface area contributed by atoms with Gasteiger partial charge in [-0.05, 0) is 42.8 Å². The highest BCUT2D eigenvalue weighted by molar-refractivity contribution is 7.99. The van der Waals surface area contributed by atoms with Gasteiger partial charge in [-0.2, -0.15) is 31.6 Å². The predicted molar refractivity (Wildman–Crippen MR) is 131 cm³/mol. The first-order chi connectivity index (χ1) is 17.1. The van der Waals surface area contributed by atoms with E-state index >= 15 is 0 Å². The molecule has 0 saturated heterocycles. The first-order valence-electron chi connectivity index (χ1n) is 10.1. The minimum Gasteiger partial charge on any atom is -0.349 e. The Hall–Kier alpha value is -2.13. The molecule has 2 aromatic carbocycles. The van der Waals surface area contributed by atoms with Crippen LogP contribution in [0, 0.1) is 11.3 Å². The summed E-state index contributed by atoms with van der Waals surface area (Å²) < 4.78 is 97.2. The van der Waals surface area contributed by atoms with E-state index in [9.17, 15) is 35.5 Å². The average Bonchev–Trinajstić information content (AvgIpc) is 2.78. The molecule has 0 saturated carbocycles. The van der Waals surface area contributed by atoms with E-state index in [1.807, 2.05) is 6.07 Å². The Labute approximate surface area is 226 Å². The third-order valence-electron chi connectivity index (χ3n) is 4.79. The molecule has 0 aliphatic heterocycles. The first kappa shape index (κ1) is 31.1. The normalized spacial score (nSPS) is 14.2. The molecule has 0 bridgehead atoms. The van der Waals surface area contributed by atoms with Gasteiger partial charge >= 0.3 is 12.4 Å². The van der Waals surface area contributed by atoms with Crippen molar-refractivity contribution in [3.05, 3.63) is 73.7 Å². The van der Waals surface area contributed by atoms with Gasteiger partial charge in [-0.15, -0.1) is 11.8 Å². The van der Waals surface area contributed by atoms with Crippen molar-refractivity contribution in [1.29, 1.82) is 5.26 Å². The van der Waals surface area contributed by atoms with Crippen LogP contribution in [0.3, 0.4) is 0 Å². The molecule has 0 aliphatic rings. The molecule has 2 atom stereocenters. The second-order valence-electron chi connectivity index (χ2n) is 7.64. The highest BCUT2D eigenvalue weighted by Crippen LogP contribution is 2.42. The molecule has 0 radical (unpaired) electrons. The average molecular weight is 608 g/mol. The number of carbonyl (C=O) groups is 1. The van der Waals surface area contributed by atoms with E-state index in [2.05, 4.69) is 5.32 Å². The summed E-state index contributed by atoms with van der Waals surface area (Å²) in [6, 6.07) is 4.60.